The summed E-state index contributed by atoms with van der Waals surface area (Å²) >= 11 is 0. The Morgan fingerprint density at radius 3 is 1.96 bits per heavy atom. The highest BCUT2D eigenvalue weighted by atomic mass is 16.1. The molecule has 0 saturated carbocycles. The van der Waals surface area contributed by atoms with E-state index in [0.717, 1.165) is 24.5 Å². The molecule has 0 aliphatic carbocycles. The van der Waals surface area contributed by atoms with Crippen LogP contribution >= 0.6 is 0 Å². The molecule has 0 aliphatic heterocycles. The minimum absolute atomic E-state index is 0.0192. The zero-order valence-electron chi connectivity index (χ0n) is 17.3. The van der Waals surface area contributed by atoms with Crippen LogP contribution in [0.3, 0.4) is 0 Å². The van der Waals surface area contributed by atoms with E-state index in [0.29, 0.717) is 13.0 Å². The molecule has 0 aromatic heterocycles. The number of carbonyl (C=O) groups is 1. The number of nitrogens with zero attached hydrogens (tertiary/aromatic N) is 1. The summed E-state index contributed by atoms with van der Waals surface area (Å²) in [4.78, 5) is 14.5. The minimum Gasteiger partial charge on any atom is -0.385 e. The number of carbonyl (C=O) groups excluding carboxylic acids is 1. The third kappa shape index (κ3) is 6.31. The molecular weight excluding hydrogens is 334 g/mol. The van der Waals surface area contributed by atoms with Gasteiger partial charge in [0.2, 0.25) is 5.91 Å². The van der Waals surface area contributed by atoms with Gasteiger partial charge in [0, 0.05) is 43.1 Å². The zero-order valence-corrected chi connectivity index (χ0v) is 17.3. The SMILES string of the molecule is CCN(CC)c1ccc(NCCC(=O)Nc2ccc(C(C)(C)C)cc2)cc1. The maximum Gasteiger partial charge on any atom is 0.226 e. The first-order chi connectivity index (χ1) is 12.8. The van der Waals surface area contributed by atoms with Crippen molar-refractivity contribution < 1.29 is 4.79 Å². The minimum atomic E-state index is 0.0192. The summed E-state index contributed by atoms with van der Waals surface area (Å²) < 4.78 is 0. The molecule has 1 amide bonds. The van der Waals surface area contributed by atoms with E-state index in [1.54, 1.807) is 0 Å². The molecule has 0 fully saturated rings. The molecule has 0 bridgehead atoms. The van der Waals surface area contributed by atoms with Crippen LogP contribution in [-0.4, -0.2) is 25.5 Å². The van der Waals surface area contributed by atoms with Gasteiger partial charge in [-0.2, -0.15) is 0 Å². The molecule has 146 valence electrons. The van der Waals surface area contributed by atoms with Gasteiger partial charge in [0.1, 0.15) is 0 Å². The van der Waals surface area contributed by atoms with Crippen LogP contribution in [-0.2, 0) is 10.2 Å². The molecule has 2 aromatic rings. The van der Waals surface area contributed by atoms with Gasteiger partial charge in [0.25, 0.3) is 0 Å². The fourth-order valence-corrected chi connectivity index (χ4v) is 2.98. The number of benzene rings is 2. The molecular formula is C23H33N3O. The molecule has 4 nitrogen and oxygen atoms in total. The van der Waals surface area contributed by atoms with E-state index in [-0.39, 0.29) is 11.3 Å². The third-order valence-electron chi connectivity index (χ3n) is 4.71. The molecule has 2 rings (SSSR count). The van der Waals surface area contributed by atoms with E-state index in [1.807, 2.05) is 12.1 Å². The molecule has 0 unspecified atom stereocenters. The van der Waals surface area contributed by atoms with Crippen molar-refractivity contribution in [2.45, 2.75) is 46.5 Å². The van der Waals surface area contributed by atoms with Gasteiger partial charge in [-0.1, -0.05) is 32.9 Å². The Balaban J connectivity index is 1.79. The van der Waals surface area contributed by atoms with E-state index in [9.17, 15) is 4.79 Å². The summed E-state index contributed by atoms with van der Waals surface area (Å²) in [5.74, 6) is 0.0192. The summed E-state index contributed by atoms with van der Waals surface area (Å²) in [7, 11) is 0. The lowest BCUT2D eigenvalue weighted by atomic mass is 9.87. The van der Waals surface area contributed by atoms with E-state index < -0.39 is 0 Å². The predicted molar refractivity (Wildman–Crippen MR) is 117 cm³/mol. The van der Waals surface area contributed by atoms with Crippen molar-refractivity contribution >= 4 is 23.0 Å². The quantitative estimate of drug-likeness (QED) is 0.668. The highest BCUT2D eigenvalue weighted by Crippen LogP contribution is 2.23. The maximum atomic E-state index is 12.1. The monoisotopic (exact) mass is 367 g/mol. The van der Waals surface area contributed by atoms with E-state index in [1.165, 1.54) is 11.3 Å². The number of rotatable bonds is 8. The summed E-state index contributed by atoms with van der Waals surface area (Å²) in [6, 6.07) is 16.5. The second-order valence-corrected chi connectivity index (χ2v) is 7.77. The smallest absolute Gasteiger partial charge is 0.226 e. The Hall–Kier alpha value is -2.49. The Labute approximate surface area is 164 Å². The number of anilines is 3. The number of amides is 1. The van der Waals surface area contributed by atoms with Gasteiger partial charge in [-0.05, 0) is 61.2 Å². The summed E-state index contributed by atoms with van der Waals surface area (Å²) in [6.45, 7) is 13.5. The van der Waals surface area contributed by atoms with Gasteiger partial charge in [-0.25, -0.2) is 0 Å². The average molecular weight is 368 g/mol. The van der Waals surface area contributed by atoms with Crippen LogP contribution in [0.25, 0.3) is 0 Å². The van der Waals surface area contributed by atoms with Crippen molar-refractivity contribution in [3.63, 3.8) is 0 Å². The lowest BCUT2D eigenvalue weighted by Crippen LogP contribution is -2.21. The number of hydrogen-bond acceptors (Lipinski definition) is 3. The van der Waals surface area contributed by atoms with Crippen LogP contribution < -0.4 is 15.5 Å². The normalized spacial score (nSPS) is 11.1. The van der Waals surface area contributed by atoms with Crippen molar-refractivity contribution in [3.8, 4) is 0 Å². The third-order valence-corrected chi connectivity index (χ3v) is 4.71. The van der Waals surface area contributed by atoms with Crippen LogP contribution in [0, 0.1) is 0 Å². The molecule has 27 heavy (non-hydrogen) atoms. The lowest BCUT2D eigenvalue weighted by Gasteiger charge is -2.21. The van der Waals surface area contributed by atoms with Gasteiger partial charge < -0.3 is 15.5 Å². The lowest BCUT2D eigenvalue weighted by molar-refractivity contribution is -0.115. The fourth-order valence-electron chi connectivity index (χ4n) is 2.98. The molecule has 0 saturated heterocycles. The van der Waals surface area contributed by atoms with E-state index in [4.69, 9.17) is 0 Å². The van der Waals surface area contributed by atoms with Crippen molar-refractivity contribution in [2.75, 3.05) is 35.2 Å². The van der Waals surface area contributed by atoms with Crippen molar-refractivity contribution in [1.29, 1.82) is 0 Å². The first-order valence-corrected chi connectivity index (χ1v) is 9.82. The van der Waals surface area contributed by atoms with Gasteiger partial charge in [0.05, 0.1) is 0 Å². The Kier molecular flexibility index (Phi) is 7.28. The summed E-state index contributed by atoms with van der Waals surface area (Å²) in [5.41, 5.74) is 4.48. The zero-order chi connectivity index (χ0) is 19.9. The second kappa shape index (κ2) is 9.45. The maximum absolute atomic E-state index is 12.1. The van der Waals surface area contributed by atoms with Crippen LogP contribution in [0.5, 0.6) is 0 Å². The summed E-state index contributed by atoms with van der Waals surface area (Å²) in [6.07, 6.45) is 0.429. The van der Waals surface area contributed by atoms with Gasteiger partial charge in [-0.3, -0.25) is 4.79 Å². The van der Waals surface area contributed by atoms with Crippen molar-refractivity contribution in [3.05, 3.63) is 54.1 Å². The summed E-state index contributed by atoms with van der Waals surface area (Å²) in [5, 5.41) is 6.27. The van der Waals surface area contributed by atoms with Gasteiger partial charge in [-0.15, -0.1) is 0 Å². The van der Waals surface area contributed by atoms with Crippen LogP contribution in [0.4, 0.5) is 17.1 Å². The Morgan fingerprint density at radius 1 is 0.889 bits per heavy atom. The standard InChI is InChI=1S/C23H33N3O/c1-6-26(7-2)21-14-12-19(13-15-21)24-17-16-22(27)25-20-10-8-18(9-11-20)23(3,4)5/h8-15,24H,6-7,16-17H2,1-5H3,(H,25,27). The Bertz CT molecular complexity index is 711. The first kappa shape index (κ1) is 20.8. The van der Waals surface area contributed by atoms with Crippen LogP contribution in [0.15, 0.2) is 48.5 Å². The van der Waals surface area contributed by atoms with Crippen molar-refractivity contribution in [2.24, 2.45) is 0 Å². The van der Waals surface area contributed by atoms with E-state index in [2.05, 4.69) is 86.6 Å². The molecule has 2 N–H and O–H groups in total. The highest BCUT2D eigenvalue weighted by molar-refractivity contribution is 5.91. The molecule has 0 heterocycles. The second-order valence-electron chi connectivity index (χ2n) is 7.77. The largest absolute Gasteiger partial charge is 0.385 e. The average Bonchev–Trinajstić information content (AvgIpc) is 2.63. The fraction of sp³-hybridized carbons (Fsp3) is 0.435. The highest BCUT2D eigenvalue weighted by Gasteiger charge is 2.13. The van der Waals surface area contributed by atoms with Gasteiger partial charge in [0.15, 0.2) is 0 Å². The molecule has 0 spiro atoms. The molecule has 2 aromatic carbocycles. The van der Waals surface area contributed by atoms with Gasteiger partial charge >= 0.3 is 0 Å². The van der Waals surface area contributed by atoms with Crippen LogP contribution in [0.2, 0.25) is 0 Å². The molecule has 0 aliphatic rings. The predicted octanol–water partition coefficient (Wildman–Crippen LogP) is 5.27. The topological polar surface area (TPSA) is 44.4 Å². The molecule has 4 heteroatoms. The molecule has 0 radical (unpaired) electrons. The van der Waals surface area contributed by atoms with Crippen LogP contribution in [0.1, 0.15) is 46.6 Å². The van der Waals surface area contributed by atoms with Crippen molar-refractivity contribution in [1.82, 2.24) is 0 Å². The van der Waals surface area contributed by atoms with E-state index >= 15 is 0 Å². The number of nitrogens with one attached hydrogen (secondary N) is 2. The molecule has 0 atom stereocenters. The first-order valence-electron chi connectivity index (χ1n) is 9.82. The Morgan fingerprint density at radius 2 is 1.44 bits per heavy atom. The number of hydrogen-bond donors (Lipinski definition) is 2.